The van der Waals surface area contributed by atoms with Crippen molar-refractivity contribution in [2.75, 3.05) is 0 Å². The maximum atomic E-state index is 6.42. The minimum absolute atomic E-state index is 0. The molecule has 1 aliphatic rings. The van der Waals surface area contributed by atoms with Crippen molar-refractivity contribution < 1.29 is 9.26 Å². The van der Waals surface area contributed by atoms with Crippen molar-refractivity contribution >= 4 is 12.4 Å². The van der Waals surface area contributed by atoms with Gasteiger partial charge in [0.25, 0.3) is 5.89 Å². The Morgan fingerprint density at radius 1 is 0.960 bits per heavy atom. The molecule has 5 nitrogen and oxygen atoms in total. The van der Waals surface area contributed by atoms with Crippen molar-refractivity contribution in [3.63, 3.8) is 0 Å². The van der Waals surface area contributed by atoms with Gasteiger partial charge in [0.2, 0.25) is 0 Å². The van der Waals surface area contributed by atoms with Crippen LogP contribution in [0.5, 0.6) is 11.5 Å². The second kappa shape index (κ2) is 7.25. The van der Waals surface area contributed by atoms with E-state index in [1.54, 1.807) is 0 Å². The first-order valence-corrected chi connectivity index (χ1v) is 8.20. The summed E-state index contributed by atoms with van der Waals surface area (Å²) in [4.78, 5) is 4.55. The number of rotatable bonds is 4. The maximum Gasteiger partial charge on any atom is 0.261 e. The molecule has 4 rings (SSSR count). The molecule has 0 bridgehead atoms. The summed E-state index contributed by atoms with van der Waals surface area (Å²) in [6.07, 6.45) is 4.00. The second-order valence-electron chi connectivity index (χ2n) is 6.20. The molecular formula is C19H20ClN3O2. The molecule has 2 aromatic carbocycles. The first-order valence-electron chi connectivity index (χ1n) is 8.20. The molecular weight excluding hydrogens is 338 g/mol. The minimum atomic E-state index is -0.461. The lowest BCUT2D eigenvalue weighted by atomic mass is 9.99. The summed E-state index contributed by atoms with van der Waals surface area (Å²) in [5.41, 5.74) is 6.72. The third-order valence-corrected chi connectivity index (χ3v) is 4.46. The summed E-state index contributed by atoms with van der Waals surface area (Å²) in [6.45, 7) is 0. The molecule has 0 saturated heterocycles. The fraction of sp³-hybridized carbons (Fsp3) is 0.263. The number of halogens is 1. The van der Waals surface area contributed by atoms with Crippen LogP contribution in [0.25, 0.3) is 11.5 Å². The van der Waals surface area contributed by atoms with E-state index in [0.29, 0.717) is 17.5 Å². The smallest absolute Gasteiger partial charge is 0.261 e. The van der Waals surface area contributed by atoms with Crippen LogP contribution in [-0.4, -0.2) is 10.1 Å². The van der Waals surface area contributed by atoms with E-state index in [1.807, 2.05) is 54.6 Å². The zero-order valence-corrected chi connectivity index (χ0v) is 14.5. The number of hydrogen-bond donors (Lipinski definition) is 1. The van der Waals surface area contributed by atoms with Gasteiger partial charge in [0.15, 0.2) is 5.82 Å². The summed E-state index contributed by atoms with van der Waals surface area (Å²) < 4.78 is 11.5. The highest BCUT2D eigenvalue weighted by Gasteiger charge is 2.36. The maximum absolute atomic E-state index is 6.42. The van der Waals surface area contributed by atoms with Crippen molar-refractivity contribution in [3.05, 3.63) is 60.4 Å². The molecule has 6 heteroatoms. The summed E-state index contributed by atoms with van der Waals surface area (Å²) >= 11 is 0. The molecule has 0 radical (unpaired) electrons. The normalized spacial score (nSPS) is 15.6. The number of nitrogens with two attached hydrogens (primary N) is 1. The Hall–Kier alpha value is -2.37. The Bertz CT molecular complexity index is 829. The predicted molar refractivity (Wildman–Crippen MR) is 97.8 cm³/mol. The number of aromatic nitrogens is 2. The Balaban J connectivity index is 0.00000182. The van der Waals surface area contributed by atoms with Crippen LogP contribution < -0.4 is 10.5 Å². The van der Waals surface area contributed by atoms with Crippen LogP contribution in [0, 0.1) is 0 Å². The van der Waals surface area contributed by atoms with E-state index in [0.717, 1.165) is 37.0 Å². The van der Waals surface area contributed by atoms with Crippen molar-refractivity contribution in [1.29, 1.82) is 0 Å². The first-order chi connectivity index (χ1) is 11.7. The molecule has 1 heterocycles. The largest absolute Gasteiger partial charge is 0.457 e. The quantitative estimate of drug-likeness (QED) is 0.733. The Labute approximate surface area is 152 Å². The van der Waals surface area contributed by atoms with E-state index in [9.17, 15) is 0 Å². The molecule has 1 aromatic heterocycles. The molecule has 0 unspecified atom stereocenters. The van der Waals surface area contributed by atoms with Gasteiger partial charge in [-0.1, -0.05) is 48.3 Å². The molecule has 1 aliphatic carbocycles. The predicted octanol–water partition coefficient (Wildman–Crippen LogP) is 4.68. The van der Waals surface area contributed by atoms with Gasteiger partial charge < -0.3 is 15.0 Å². The molecule has 0 atom stereocenters. The van der Waals surface area contributed by atoms with Gasteiger partial charge in [-0.05, 0) is 37.1 Å². The van der Waals surface area contributed by atoms with E-state index in [4.69, 9.17) is 15.0 Å². The highest BCUT2D eigenvalue weighted by Crippen LogP contribution is 2.37. The second-order valence-corrected chi connectivity index (χ2v) is 6.20. The number of nitrogens with zero attached hydrogens (tertiary/aromatic N) is 2. The third kappa shape index (κ3) is 3.52. The zero-order chi connectivity index (χ0) is 16.4. The van der Waals surface area contributed by atoms with Gasteiger partial charge in [-0.25, -0.2) is 0 Å². The summed E-state index contributed by atoms with van der Waals surface area (Å²) in [5, 5.41) is 4.13. The fourth-order valence-electron chi connectivity index (χ4n) is 3.11. The van der Waals surface area contributed by atoms with Crippen LogP contribution in [0.3, 0.4) is 0 Å². The van der Waals surface area contributed by atoms with Crippen LogP contribution in [0.1, 0.15) is 31.5 Å². The van der Waals surface area contributed by atoms with Crippen molar-refractivity contribution in [3.8, 4) is 23.0 Å². The van der Waals surface area contributed by atoms with Gasteiger partial charge in [0.05, 0.1) is 11.1 Å². The SMILES string of the molecule is Cl.NC1(c2noc(-c3ccccc3Oc3ccccc3)n2)CCCC1. The van der Waals surface area contributed by atoms with Crippen LogP contribution in [-0.2, 0) is 5.54 Å². The van der Waals surface area contributed by atoms with E-state index in [1.165, 1.54) is 0 Å². The minimum Gasteiger partial charge on any atom is -0.457 e. The average molecular weight is 358 g/mol. The molecule has 0 spiro atoms. The van der Waals surface area contributed by atoms with E-state index >= 15 is 0 Å². The third-order valence-electron chi connectivity index (χ3n) is 4.46. The van der Waals surface area contributed by atoms with Gasteiger partial charge >= 0.3 is 0 Å². The highest BCUT2D eigenvalue weighted by atomic mass is 35.5. The molecule has 25 heavy (non-hydrogen) atoms. The summed E-state index contributed by atoms with van der Waals surface area (Å²) in [7, 11) is 0. The lowest BCUT2D eigenvalue weighted by molar-refractivity contribution is 0.372. The first kappa shape index (κ1) is 17.5. The summed E-state index contributed by atoms with van der Waals surface area (Å²) in [5.74, 6) is 2.46. The van der Waals surface area contributed by atoms with E-state index in [-0.39, 0.29) is 12.4 Å². The molecule has 1 fully saturated rings. The molecule has 130 valence electrons. The van der Waals surface area contributed by atoms with Gasteiger partial charge in [0, 0.05) is 0 Å². The Kier molecular flexibility index (Phi) is 5.06. The lowest BCUT2D eigenvalue weighted by Crippen LogP contribution is -2.34. The monoisotopic (exact) mass is 357 g/mol. The van der Waals surface area contributed by atoms with Crippen molar-refractivity contribution in [2.45, 2.75) is 31.2 Å². The number of para-hydroxylation sites is 2. The van der Waals surface area contributed by atoms with Crippen molar-refractivity contribution in [1.82, 2.24) is 10.1 Å². The van der Waals surface area contributed by atoms with Crippen LogP contribution >= 0.6 is 12.4 Å². The molecule has 1 saturated carbocycles. The molecule has 2 N–H and O–H groups in total. The Morgan fingerprint density at radius 3 is 2.40 bits per heavy atom. The van der Waals surface area contributed by atoms with Crippen LogP contribution in [0.15, 0.2) is 59.1 Å². The number of hydrogen-bond acceptors (Lipinski definition) is 5. The molecule has 0 aliphatic heterocycles. The van der Waals surface area contributed by atoms with Gasteiger partial charge in [-0.2, -0.15) is 4.98 Å². The van der Waals surface area contributed by atoms with Crippen LogP contribution in [0.4, 0.5) is 0 Å². The number of ether oxygens (including phenoxy) is 1. The van der Waals surface area contributed by atoms with Crippen LogP contribution in [0.2, 0.25) is 0 Å². The van der Waals surface area contributed by atoms with Gasteiger partial charge in [-0.15, -0.1) is 12.4 Å². The van der Waals surface area contributed by atoms with E-state index in [2.05, 4.69) is 10.1 Å². The lowest BCUT2D eigenvalue weighted by Gasteiger charge is -2.17. The zero-order valence-electron chi connectivity index (χ0n) is 13.7. The molecule has 3 aromatic rings. The van der Waals surface area contributed by atoms with Crippen molar-refractivity contribution in [2.24, 2.45) is 5.73 Å². The average Bonchev–Trinajstić information content (AvgIpc) is 3.27. The molecule has 0 amide bonds. The number of benzene rings is 2. The standard InChI is InChI=1S/C19H19N3O2.ClH/c20-19(12-6-7-13-19)18-21-17(24-22-18)15-10-4-5-11-16(15)23-14-8-2-1-3-9-14;/h1-5,8-11H,6-7,12-13,20H2;1H. The van der Waals surface area contributed by atoms with Gasteiger partial charge in [-0.3, -0.25) is 0 Å². The summed E-state index contributed by atoms with van der Waals surface area (Å²) in [6, 6.07) is 17.3. The topological polar surface area (TPSA) is 74.2 Å². The highest BCUT2D eigenvalue weighted by molar-refractivity contribution is 5.85. The fourth-order valence-corrected chi connectivity index (χ4v) is 3.11. The Morgan fingerprint density at radius 2 is 1.64 bits per heavy atom. The van der Waals surface area contributed by atoms with Gasteiger partial charge in [0.1, 0.15) is 11.5 Å². The van der Waals surface area contributed by atoms with E-state index < -0.39 is 5.54 Å².